The van der Waals surface area contributed by atoms with Gasteiger partial charge in [-0.05, 0) is 96.3 Å². The highest BCUT2D eigenvalue weighted by Crippen LogP contribution is 2.14. The summed E-state index contributed by atoms with van der Waals surface area (Å²) in [6.07, 6.45) is 72.8. The van der Waals surface area contributed by atoms with Crippen LogP contribution in [-0.4, -0.2) is 37.2 Å². The predicted molar refractivity (Wildman–Crippen MR) is 288 cm³/mol. The lowest BCUT2D eigenvalue weighted by molar-refractivity contribution is -0.167. The highest BCUT2D eigenvalue weighted by atomic mass is 16.6. The van der Waals surface area contributed by atoms with Crippen LogP contribution in [-0.2, 0) is 28.6 Å². The molecule has 1 unspecified atom stereocenters. The zero-order valence-corrected chi connectivity index (χ0v) is 43.6. The molecule has 0 aromatic carbocycles. The minimum atomic E-state index is -0.779. The Labute approximate surface area is 413 Å². The van der Waals surface area contributed by atoms with Crippen LogP contribution in [0.15, 0.2) is 97.2 Å². The van der Waals surface area contributed by atoms with E-state index in [0.29, 0.717) is 19.3 Å². The van der Waals surface area contributed by atoms with Crippen LogP contribution in [0, 0.1) is 0 Å². The molecule has 0 aliphatic carbocycles. The van der Waals surface area contributed by atoms with Crippen molar-refractivity contribution in [2.45, 2.75) is 258 Å². The Morgan fingerprint density at radius 1 is 0.313 bits per heavy atom. The molecule has 0 spiro atoms. The van der Waals surface area contributed by atoms with E-state index < -0.39 is 6.10 Å². The maximum Gasteiger partial charge on any atom is 0.306 e. The molecule has 0 bridgehead atoms. The topological polar surface area (TPSA) is 78.9 Å². The third-order valence-corrected chi connectivity index (χ3v) is 11.6. The summed E-state index contributed by atoms with van der Waals surface area (Å²) in [5.74, 6) is -0.906. The van der Waals surface area contributed by atoms with Gasteiger partial charge in [0, 0.05) is 19.3 Å². The molecule has 0 saturated carbocycles. The summed E-state index contributed by atoms with van der Waals surface area (Å²) in [6, 6.07) is 0. The molecular weight excluding hydrogens is 829 g/mol. The second-order valence-corrected chi connectivity index (χ2v) is 18.1. The van der Waals surface area contributed by atoms with Gasteiger partial charge < -0.3 is 14.2 Å². The Hall–Kier alpha value is -3.67. The van der Waals surface area contributed by atoms with Gasteiger partial charge in [-0.25, -0.2) is 0 Å². The fourth-order valence-electron chi connectivity index (χ4n) is 7.40. The number of ether oxygens (including phenoxy) is 3. The molecule has 0 N–H and O–H groups in total. The number of hydrogen-bond acceptors (Lipinski definition) is 6. The number of allylic oxidation sites excluding steroid dienone is 16. The standard InChI is InChI=1S/C61H102O6/c1-4-7-10-13-16-18-20-21-22-23-24-25-26-27-28-29-30-31-32-33-34-35-36-37-38-39-41-42-45-48-51-54-60(63)66-57-58(56-65-59(62)53-50-47-44-15-12-9-6-3)67-61(64)55-52-49-46-43-40-19-17-14-11-8-5-2/h7,10,14,16-18,21-22,24-25,27-28,30-31,33-34,58H,4-6,8-9,11-13,15,19-20,23,26,29,32,35-57H2,1-3H3/b10-7-,17-14-,18-16-,22-21-,25-24-,28-27-,31-30-,34-33-. The third kappa shape index (κ3) is 53.2. The molecule has 382 valence electrons. The lowest BCUT2D eigenvalue weighted by atomic mass is 10.1. The molecule has 0 aromatic rings. The number of carbonyl (C=O) groups excluding carboxylic acids is 3. The Morgan fingerprint density at radius 3 is 0.970 bits per heavy atom. The van der Waals surface area contributed by atoms with E-state index in [1.54, 1.807) is 0 Å². The van der Waals surface area contributed by atoms with E-state index in [9.17, 15) is 14.4 Å². The number of unbranched alkanes of at least 4 members (excludes halogenated alkanes) is 22. The van der Waals surface area contributed by atoms with Gasteiger partial charge in [-0.2, -0.15) is 0 Å². The maximum atomic E-state index is 12.7. The minimum Gasteiger partial charge on any atom is -0.462 e. The van der Waals surface area contributed by atoms with Crippen LogP contribution in [0.1, 0.15) is 252 Å². The van der Waals surface area contributed by atoms with Crippen molar-refractivity contribution in [3.8, 4) is 0 Å². The summed E-state index contributed by atoms with van der Waals surface area (Å²) in [7, 11) is 0. The van der Waals surface area contributed by atoms with Gasteiger partial charge in [-0.15, -0.1) is 0 Å². The molecule has 0 heterocycles. The van der Waals surface area contributed by atoms with Crippen molar-refractivity contribution < 1.29 is 28.6 Å². The van der Waals surface area contributed by atoms with Crippen molar-refractivity contribution in [2.24, 2.45) is 0 Å². The highest BCUT2D eigenvalue weighted by molar-refractivity contribution is 5.71. The lowest BCUT2D eigenvalue weighted by Crippen LogP contribution is -2.30. The average Bonchev–Trinajstić information content (AvgIpc) is 3.33. The largest absolute Gasteiger partial charge is 0.462 e. The number of hydrogen-bond donors (Lipinski definition) is 0. The van der Waals surface area contributed by atoms with E-state index >= 15 is 0 Å². The summed E-state index contributed by atoms with van der Waals surface area (Å²) < 4.78 is 16.7. The smallest absolute Gasteiger partial charge is 0.306 e. The van der Waals surface area contributed by atoms with Gasteiger partial charge >= 0.3 is 17.9 Å². The minimum absolute atomic E-state index is 0.0815. The van der Waals surface area contributed by atoms with Gasteiger partial charge in [0.1, 0.15) is 13.2 Å². The van der Waals surface area contributed by atoms with Gasteiger partial charge in [0.25, 0.3) is 0 Å². The van der Waals surface area contributed by atoms with Gasteiger partial charge in [-0.1, -0.05) is 234 Å². The second kappa shape index (κ2) is 54.9. The molecule has 0 saturated heterocycles. The predicted octanol–water partition coefficient (Wildman–Crippen LogP) is 18.5. The van der Waals surface area contributed by atoms with Crippen LogP contribution in [0.3, 0.4) is 0 Å². The SMILES string of the molecule is CC/C=C\C/C=C\C/C=C\C/C=C\C/C=C\C/C=C\C/C=C\CCCCCCCCCCCC(=O)OCC(COC(=O)CCCCCCCCC)OC(=O)CCCCCCC/C=C\CCCC. The summed E-state index contributed by atoms with van der Waals surface area (Å²) in [6.45, 7) is 6.42. The summed E-state index contributed by atoms with van der Waals surface area (Å²) in [5, 5.41) is 0. The molecule has 0 aromatic heterocycles. The van der Waals surface area contributed by atoms with Crippen LogP contribution in [0.4, 0.5) is 0 Å². The van der Waals surface area contributed by atoms with Crippen LogP contribution >= 0.6 is 0 Å². The number of carbonyl (C=O) groups is 3. The summed E-state index contributed by atoms with van der Waals surface area (Å²) in [5.41, 5.74) is 0. The van der Waals surface area contributed by atoms with Crippen molar-refractivity contribution in [3.63, 3.8) is 0 Å². The first-order valence-electron chi connectivity index (χ1n) is 27.7. The molecular formula is C61H102O6. The Morgan fingerprint density at radius 2 is 0.597 bits per heavy atom. The monoisotopic (exact) mass is 931 g/mol. The van der Waals surface area contributed by atoms with E-state index in [1.165, 1.54) is 89.9 Å². The van der Waals surface area contributed by atoms with E-state index in [1.807, 2.05) is 0 Å². The molecule has 6 nitrogen and oxygen atoms in total. The van der Waals surface area contributed by atoms with Crippen molar-refractivity contribution in [2.75, 3.05) is 13.2 Å². The molecule has 1 atom stereocenters. The van der Waals surface area contributed by atoms with Crippen molar-refractivity contribution >= 4 is 17.9 Å². The van der Waals surface area contributed by atoms with Crippen LogP contribution in [0.25, 0.3) is 0 Å². The fourth-order valence-corrected chi connectivity index (χ4v) is 7.40. The molecule has 0 aliphatic heterocycles. The molecule has 6 heteroatoms. The Bertz CT molecular complexity index is 1350. The zero-order chi connectivity index (χ0) is 48.6. The quantitative estimate of drug-likeness (QED) is 0.0262. The molecule has 0 amide bonds. The fraction of sp³-hybridized carbons (Fsp3) is 0.689. The first kappa shape index (κ1) is 63.3. The van der Waals surface area contributed by atoms with E-state index in [-0.39, 0.29) is 31.1 Å². The summed E-state index contributed by atoms with van der Waals surface area (Å²) >= 11 is 0. The van der Waals surface area contributed by atoms with Crippen molar-refractivity contribution in [1.82, 2.24) is 0 Å². The number of rotatable bonds is 49. The van der Waals surface area contributed by atoms with E-state index in [4.69, 9.17) is 14.2 Å². The molecule has 0 aliphatic rings. The van der Waals surface area contributed by atoms with E-state index in [0.717, 1.165) is 122 Å². The first-order valence-corrected chi connectivity index (χ1v) is 27.7. The Kier molecular flexibility index (Phi) is 51.9. The van der Waals surface area contributed by atoms with Crippen molar-refractivity contribution in [3.05, 3.63) is 97.2 Å². The van der Waals surface area contributed by atoms with Crippen LogP contribution < -0.4 is 0 Å². The molecule has 0 rings (SSSR count). The highest BCUT2D eigenvalue weighted by Gasteiger charge is 2.19. The zero-order valence-electron chi connectivity index (χ0n) is 43.6. The lowest BCUT2D eigenvalue weighted by Gasteiger charge is -2.18. The van der Waals surface area contributed by atoms with Gasteiger partial charge in [-0.3, -0.25) is 14.4 Å². The number of esters is 3. The molecule has 0 radical (unpaired) electrons. The van der Waals surface area contributed by atoms with Gasteiger partial charge in [0.05, 0.1) is 0 Å². The van der Waals surface area contributed by atoms with Crippen LogP contribution in [0.2, 0.25) is 0 Å². The second-order valence-electron chi connectivity index (χ2n) is 18.1. The third-order valence-electron chi connectivity index (χ3n) is 11.6. The normalized spacial score (nSPS) is 12.8. The van der Waals surface area contributed by atoms with Gasteiger partial charge in [0.2, 0.25) is 0 Å². The molecule has 0 fully saturated rings. The van der Waals surface area contributed by atoms with Crippen molar-refractivity contribution in [1.29, 1.82) is 0 Å². The Balaban J connectivity index is 4.10. The average molecular weight is 931 g/mol. The first-order chi connectivity index (χ1) is 33.0. The van der Waals surface area contributed by atoms with Crippen LogP contribution in [0.5, 0.6) is 0 Å². The molecule has 67 heavy (non-hydrogen) atoms. The van der Waals surface area contributed by atoms with E-state index in [2.05, 4.69) is 118 Å². The summed E-state index contributed by atoms with van der Waals surface area (Å²) in [4.78, 5) is 37.8. The maximum absolute atomic E-state index is 12.7. The van der Waals surface area contributed by atoms with Gasteiger partial charge in [0.15, 0.2) is 6.10 Å².